The maximum Gasteiger partial charge on any atom is 0.427 e. The minimum Gasteiger partial charge on any atom is -0.496 e. The first-order chi connectivity index (χ1) is 10.9. The number of ether oxygens (including phenoxy) is 1. The predicted octanol–water partition coefficient (Wildman–Crippen LogP) is 3.48. The van der Waals surface area contributed by atoms with E-state index in [0.29, 0.717) is 30.1 Å². The summed E-state index contributed by atoms with van der Waals surface area (Å²) in [5, 5.41) is 10.6. The second kappa shape index (κ2) is 6.01. The third kappa shape index (κ3) is 3.00. The first-order valence-corrected chi connectivity index (χ1v) is 7.84. The second-order valence-electron chi connectivity index (χ2n) is 5.24. The summed E-state index contributed by atoms with van der Waals surface area (Å²) in [6.45, 7) is 0.439. The highest BCUT2D eigenvalue weighted by molar-refractivity contribution is 7.15. The van der Waals surface area contributed by atoms with Crippen LogP contribution >= 0.6 is 11.3 Å². The van der Waals surface area contributed by atoms with Crippen molar-refractivity contribution in [2.24, 2.45) is 0 Å². The molecule has 1 N–H and O–H groups in total. The number of aliphatic hydroxyl groups excluding tert-OH is 1. The Balaban J connectivity index is 1.97. The van der Waals surface area contributed by atoms with Gasteiger partial charge in [-0.15, -0.1) is 0 Å². The number of alkyl halides is 3. The van der Waals surface area contributed by atoms with Crippen molar-refractivity contribution >= 4 is 16.5 Å². The van der Waals surface area contributed by atoms with Crippen LogP contribution in [0, 0.1) is 0 Å². The number of benzene rings is 1. The number of nitrogens with zero attached hydrogens (tertiary/aromatic N) is 2. The van der Waals surface area contributed by atoms with E-state index < -0.39 is 23.2 Å². The van der Waals surface area contributed by atoms with Crippen LogP contribution in [0.1, 0.15) is 22.9 Å². The number of anilines is 1. The lowest BCUT2D eigenvalue weighted by molar-refractivity contribution is -0.134. The summed E-state index contributed by atoms with van der Waals surface area (Å²) in [6.07, 6.45) is -3.80. The molecule has 1 fully saturated rings. The highest BCUT2D eigenvalue weighted by atomic mass is 32.1. The molecule has 8 heteroatoms. The van der Waals surface area contributed by atoms with Crippen molar-refractivity contribution in [3.63, 3.8) is 0 Å². The van der Waals surface area contributed by atoms with E-state index >= 15 is 0 Å². The minimum atomic E-state index is -4.41. The molecular formula is C15H15F3N2O2S. The Morgan fingerprint density at radius 3 is 2.74 bits per heavy atom. The van der Waals surface area contributed by atoms with Crippen molar-refractivity contribution < 1.29 is 23.0 Å². The minimum absolute atomic E-state index is 0.254. The van der Waals surface area contributed by atoms with Crippen LogP contribution in [-0.4, -0.2) is 29.8 Å². The lowest BCUT2D eigenvalue weighted by Crippen LogP contribution is -2.27. The second-order valence-corrected chi connectivity index (χ2v) is 6.25. The van der Waals surface area contributed by atoms with Crippen LogP contribution in [0.3, 0.4) is 0 Å². The maximum atomic E-state index is 12.8. The van der Waals surface area contributed by atoms with E-state index in [-0.39, 0.29) is 5.13 Å². The van der Waals surface area contributed by atoms with Gasteiger partial charge >= 0.3 is 6.18 Å². The van der Waals surface area contributed by atoms with Crippen LogP contribution in [0.2, 0.25) is 0 Å². The first-order valence-electron chi connectivity index (χ1n) is 7.02. The Kier molecular flexibility index (Phi) is 4.20. The van der Waals surface area contributed by atoms with Gasteiger partial charge in [0.1, 0.15) is 10.6 Å². The number of rotatable bonds is 3. The molecule has 1 saturated heterocycles. The van der Waals surface area contributed by atoms with Gasteiger partial charge in [0.25, 0.3) is 0 Å². The van der Waals surface area contributed by atoms with E-state index in [1.54, 1.807) is 17.0 Å². The lowest BCUT2D eigenvalue weighted by Gasteiger charge is -2.27. The van der Waals surface area contributed by atoms with Gasteiger partial charge in [0.15, 0.2) is 5.13 Å². The van der Waals surface area contributed by atoms with Gasteiger partial charge in [0.2, 0.25) is 0 Å². The lowest BCUT2D eigenvalue weighted by atomic mass is 10.0. The van der Waals surface area contributed by atoms with Gasteiger partial charge in [-0.25, -0.2) is 4.98 Å². The molecule has 2 aromatic rings. The third-order valence-corrected chi connectivity index (χ3v) is 4.92. The summed E-state index contributed by atoms with van der Waals surface area (Å²) >= 11 is 0.589. The smallest absolute Gasteiger partial charge is 0.427 e. The normalized spacial score (nSPS) is 21.7. The van der Waals surface area contributed by atoms with Crippen molar-refractivity contribution in [1.29, 1.82) is 0 Å². The highest BCUT2D eigenvalue weighted by Gasteiger charge is 2.39. The van der Waals surface area contributed by atoms with E-state index in [1.165, 1.54) is 7.11 Å². The van der Waals surface area contributed by atoms with Crippen LogP contribution in [0.15, 0.2) is 30.5 Å². The fraction of sp³-hybridized carbons (Fsp3) is 0.400. The number of hydrogen-bond donors (Lipinski definition) is 1. The maximum absolute atomic E-state index is 12.8. The van der Waals surface area contributed by atoms with Crippen molar-refractivity contribution in [3.8, 4) is 5.75 Å². The zero-order valence-corrected chi connectivity index (χ0v) is 13.1. The van der Waals surface area contributed by atoms with E-state index in [9.17, 15) is 18.3 Å². The van der Waals surface area contributed by atoms with Crippen LogP contribution < -0.4 is 9.64 Å². The molecule has 4 nitrogen and oxygen atoms in total. The average Bonchev–Trinajstić information content (AvgIpc) is 3.13. The Hall–Kier alpha value is -1.80. The molecule has 0 radical (unpaired) electrons. The SMILES string of the molecule is COc1ccccc1[C@@H]1[C@H](O)CCN1c1ncc(C(F)(F)F)s1. The molecule has 0 bridgehead atoms. The molecule has 2 atom stereocenters. The number of thiazole rings is 1. The molecule has 1 aromatic heterocycles. The number of halogens is 3. The highest BCUT2D eigenvalue weighted by Crippen LogP contribution is 2.43. The first kappa shape index (κ1) is 16.1. The summed E-state index contributed by atoms with van der Waals surface area (Å²) in [5.74, 6) is 0.594. The molecule has 1 aromatic carbocycles. The molecular weight excluding hydrogens is 329 g/mol. The Labute approximate surface area is 135 Å². The van der Waals surface area contributed by atoms with E-state index in [2.05, 4.69) is 4.98 Å². The number of aliphatic hydroxyl groups is 1. The average molecular weight is 344 g/mol. The van der Waals surface area contributed by atoms with E-state index in [4.69, 9.17) is 4.74 Å². The fourth-order valence-electron chi connectivity index (χ4n) is 2.81. The van der Waals surface area contributed by atoms with Gasteiger partial charge < -0.3 is 14.7 Å². The van der Waals surface area contributed by atoms with Gasteiger partial charge in [0.05, 0.1) is 25.5 Å². The molecule has 124 valence electrons. The Bertz CT molecular complexity index is 689. The molecule has 3 rings (SSSR count). The van der Waals surface area contributed by atoms with Crippen molar-refractivity contribution in [1.82, 2.24) is 4.98 Å². The van der Waals surface area contributed by atoms with Gasteiger partial charge in [0, 0.05) is 12.1 Å². The monoisotopic (exact) mass is 344 g/mol. The van der Waals surface area contributed by atoms with Gasteiger partial charge in [-0.2, -0.15) is 13.2 Å². The van der Waals surface area contributed by atoms with Gasteiger partial charge in [-0.1, -0.05) is 29.5 Å². The molecule has 2 heterocycles. The van der Waals surface area contributed by atoms with Crippen LogP contribution in [0.25, 0.3) is 0 Å². The quantitative estimate of drug-likeness (QED) is 0.926. The van der Waals surface area contributed by atoms with Crippen molar-refractivity contribution in [3.05, 3.63) is 40.9 Å². The van der Waals surface area contributed by atoms with Crippen LogP contribution in [0.4, 0.5) is 18.3 Å². The Morgan fingerprint density at radius 1 is 1.35 bits per heavy atom. The zero-order chi connectivity index (χ0) is 16.6. The van der Waals surface area contributed by atoms with E-state index in [0.717, 1.165) is 11.8 Å². The Morgan fingerprint density at radius 2 is 2.09 bits per heavy atom. The molecule has 0 aliphatic carbocycles. The molecule has 1 aliphatic rings. The zero-order valence-electron chi connectivity index (χ0n) is 12.2. The van der Waals surface area contributed by atoms with Gasteiger partial charge in [-0.05, 0) is 12.5 Å². The van der Waals surface area contributed by atoms with E-state index in [1.807, 2.05) is 12.1 Å². The van der Waals surface area contributed by atoms with Crippen molar-refractivity contribution in [2.45, 2.75) is 24.7 Å². The molecule has 1 aliphatic heterocycles. The summed E-state index contributed by atoms with van der Waals surface area (Å²) in [7, 11) is 1.52. The summed E-state index contributed by atoms with van der Waals surface area (Å²) in [5.41, 5.74) is 0.740. The van der Waals surface area contributed by atoms with Gasteiger partial charge in [-0.3, -0.25) is 0 Å². The molecule has 0 spiro atoms. The molecule has 0 saturated carbocycles. The van der Waals surface area contributed by atoms with Crippen molar-refractivity contribution in [2.75, 3.05) is 18.6 Å². The standard InChI is InChI=1S/C15H15F3N2O2S/c1-22-11-5-3-2-4-9(11)13-10(21)6-7-20(13)14-19-8-12(23-14)15(16,17)18/h2-5,8,10,13,21H,6-7H2,1H3/t10-,13-/m1/s1. The topological polar surface area (TPSA) is 45.6 Å². The molecule has 23 heavy (non-hydrogen) atoms. The number of hydrogen-bond acceptors (Lipinski definition) is 5. The van der Waals surface area contributed by atoms with Crippen LogP contribution in [-0.2, 0) is 6.18 Å². The largest absolute Gasteiger partial charge is 0.496 e. The fourth-order valence-corrected chi connectivity index (χ4v) is 3.65. The predicted molar refractivity (Wildman–Crippen MR) is 80.8 cm³/mol. The third-order valence-electron chi connectivity index (χ3n) is 3.84. The summed E-state index contributed by atoms with van der Waals surface area (Å²) < 4.78 is 43.7. The van der Waals surface area contributed by atoms with Crippen LogP contribution in [0.5, 0.6) is 5.75 Å². The number of para-hydroxylation sites is 1. The number of methoxy groups -OCH3 is 1. The molecule has 0 unspecified atom stereocenters. The molecule has 0 amide bonds. The number of aromatic nitrogens is 1. The summed E-state index contributed by atoms with van der Waals surface area (Å²) in [4.78, 5) is 4.87. The summed E-state index contributed by atoms with van der Waals surface area (Å²) in [6, 6.07) is 6.71.